The van der Waals surface area contributed by atoms with E-state index >= 15 is 0 Å². The molecule has 26 heavy (non-hydrogen) atoms. The normalized spacial score (nSPS) is 10.3. The van der Waals surface area contributed by atoms with Crippen LogP contribution in [0.2, 0.25) is 0 Å². The number of benzene rings is 2. The molecular formula is C20H25FN2O3. The van der Waals surface area contributed by atoms with Gasteiger partial charge in [-0.1, -0.05) is 18.2 Å². The first-order chi connectivity index (χ1) is 12.6. The van der Waals surface area contributed by atoms with Crippen LogP contribution in [0.5, 0.6) is 11.5 Å². The molecule has 5 nitrogen and oxygen atoms in total. The lowest BCUT2D eigenvalue weighted by Gasteiger charge is -2.11. The van der Waals surface area contributed by atoms with Crippen molar-refractivity contribution >= 4 is 6.03 Å². The van der Waals surface area contributed by atoms with Crippen LogP contribution in [-0.4, -0.2) is 32.8 Å². The molecule has 0 radical (unpaired) electrons. The molecule has 2 aromatic rings. The number of urea groups is 1. The second kappa shape index (κ2) is 10.3. The van der Waals surface area contributed by atoms with Crippen LogP contribution in [-0.2, 0) is 12.8 Å². The Morgan fingerprint density at radius 2 is 1.69 bits per heavy atom. The number of ether oxygens (including phenoxy) is 2. The fourth-order valence-electron chi connectivity index (χ4n) is 2.54. The summed E-state index contributed by atoms with van der Waals surface area (Å²) in [5.74, 6) is 1.13. The van der Waals surface area contributed by atoms with Gasteiger partial charge in [0.2, 0.25) is 0 Å². The molecule has 0 saturated carbocycles. The number of carbonyl (C=O) groups excluding carboxylic acids is 1. The molecule has 0 aliphatic rings. The van der Waals surface area contributed by atoms with Crippen molar-refractivity contribution in [3.63, 3.8) is 0 Å². The van der Waals surface area contributed by atoms with Crippen LogP contribution in [0, 0.1) is 5.82 Å². The smallest absolute Gasteiger partial charge is 0.314 e. The molecular weight excluding hydrogens is 335 g/mol. The van der Waals surface area contributed by atoms with Gasteiger partial charge in [0, 0.05) is 13.1 Å². The maximum atomic E-state index is 13.1. The summed E-state index contributed by atoms with van der Waals surface area (Å²) in [4.78, 5) is 11.8. The second-order valence-corrected chi connectivity index (χ2v) is 5.73. The Balaban J connectivity index is 1.71. The summed E-state index contributed by atoms with van der Waals surface area (Å²) in [6.45, 7) is 3.45. The van der Waals surface area contributed by atoms with Gasteiger partial charge in [0.1, 0.15) is 5.82 Å². The molecule has 0 bridgehead atoms. The van der Waals surface area contributed by atoms with Gasteiger partial charge in [-0.2, -0.15) is 0 Å². The number of hydrogen-bond acceptors (Lipinski definition) is 3. The minimum Gasteiger partial charge on any atom is -0.493 e. The van der Waals surface area contributed by atoms with Gasteiger partial charge >= 0.3 is 6.03 Å². The van der Waals surface area contributed by atoms with Crippen molar-refractivity contribution in [3.8, 4) is 11.5 Å². The summed E-state index contributed by atoms with van der Waals surface area (Å²) in [5.41, 5.74) is 1.90. The van der Waals surface area contributed by atoms with Crippen LogP contribution in [0.3, 0.4) is 0 Å². The number of nitrogens with one attached hydrogen (secondary N) is 2. The van der Waals surface area contributed by atoms with Crippen LogP contribution < -0.4 is 20.1 Å². The molecule has 0 atom stereocenters. The van der Waals surface area contributed by atoms with Crippen molar-refractivity contribution in [1.82, 2.24) is 10.6 Å². The highest BCUT2D eigenvalue weighted by molar-refractivity contribution is 5.73. The topological polar surface area (TPSA) is 59.6 Å². The Hall–Kier alpha value is -2.76. The van der Waals surface area contributed by atoms with Gasteiger partial charge in [0.15, 0.2) is 11.5 Å². The maximum Gasteiger partial charge on any atom is 0.314 e. The van der Waals surface area contributed by atoms with E-state index in [4.69, 9.17) is 9.47 Å². The van der Waals surface area contributed by atoms with E-state index in [0.717, 1.165) is 11.1 Å². The second-order valence-electron chi connectivity index (χ2n) is 5.73. The summed E-state index contributed by atoms with van der Waals surface area (Å²) < 4.78 is 23.9. The molecule has 6 heteroatoms. The van der Waals surface area contributed by atoms with Gasteiger partial charge in [-0.15, -0.1) is 0 Å². The molecule has 0 aliphatic heterocycles. The lowest BCUT2D eigenvalue weighted by atomic mass is 10.1. The molecule has 0 fully saturated rings. The number of amides is 2. The van der Waals surface area contributed by atoms with Gasteiger partial charge < -0.3 is 20.1 Å². The Bertz CT molecular complexity index is 722. The Morgan fingerprint density at radius 3 is 2.31 bits per heavy atom. The van der Waals surface area contributed by atoms with Crippen molar-refractivity contribution in [2.45, 2.75) is 19.8 Å². The average molecular weight is 360 g/mol. The third-order valence-electron chi connectivity index (χ3n) is 3.82. The van der Waals surface area contributed by atoms with Gasteiger partial charge in [0.05, 0.1) is 13.7 Å². The average Bonchev–Trinajstić information content (AvgIpc) is 2.63. The summed E-state index contributed by atoms with van der Waals surface area (Å²) in [6.07, 6.45) is 1.27. The van der Waals surface area contributed by atoms with Gasteiger partial charge in [0.25, 0.3) is 0 Å². The van der Waals surface area contributed by atoms with Crippen LogP contribution in [0.1, 0.15) is 18.1 Å². The number of rotatable bonds is 9. The SMILES string of the molecule is CCOc1ccc(CCNC(=O)NCCc2cccc(F)c2)cc1OC. The van der Waals surface area contributed by atoms with E-state index in [9.17, 15) is 9.18 Å². The van der Waals surface area contributed by atoms with E-state index in [1.807, 2.05) is 31.2 Å². The largest absolute Gasteiger partial charge is 0.493 e. The molecule has 0 heterocycles. The van der Waals surface area contributed by atoms with Crippen molar-refractivity contribution in [1.29, 1.82) is 0 Å². The van der Waals surface area contributed by atoms with Crippen molar-refractivity contribution < 1.29 is 18.7 Å². The van der Waals surface area contributed by atoms with E-state index in [-0.39, 0.29) is 11.8 Å². The number of halogens is 1. The number of methoxy groups -OCH3 is 1. The van der Waals surface area contributed by atoms with Crippen LogP contribution in [0.25, 0.3) is 0 Å². The van der Waals surface area contributed by atoms with E-state index in [1.54, 1.807) is 13.2 Å². The zero-order valence-corrected chi connectivity index (χ0v) is 15.2. The third-order valence-corrected chi connectivity index (χ3v) is 3.82. The summed E-state index contributed by atoms with van der Waals surface area (Å²) >= 11 is 0. The molecule has 2 rings (SSSR count). The first-order valence-corrected chi connectivity index (χ1v) is 8.68. The van der Waals surface area contributed by atoms with E-state index in [0.29, 0.717) is 44.0 Å². The molecule has 2 N–H and O–H groups in total. The van der Waals surface area contributed by atoms with Gasteiger partial charge in [-0.25, -0.2) is 9.18 Å². The first kappa shape index (κ1) is 19.6. The predicted octanol–water partition coefficient (Wildman–Crippen LogP) is 3.32. The summed E-state index contributed by atoms with van der Waals surface area (Å²) in [5, 5.41) is 5.58. The van der Waals surface area contributed by atoms with Crippen LogP contribution in [0.4, 0.5) is 9.18 Å². The van der Waals surface area contributed by atoms with Crippen molar-refractivity contribution in [3.05, 3.63) is 59.4 Å². The standard InChI is InChI=1S/C20H25FN2O3/c1-3-26-18-8-7-16(14-19(18)25-2)10-12-23-20(24)22-11-9-15-5-4-6-17(21)13-15/h4-8,13-14H,3,9-12H2,1-2H3,(H2,22,23,24). The molecule has 0 saturated heterocycles. The molecule has 0 aromatic heterocycles. The Kier molecular flexibility index (Phi) is 7.74. The van der Waals surface area contributed by atoms with E-state index in [2.05, 4.69) is 10.6 Å². The minimum atomic E-state index is -0.266. The minimum absolute atomic E-state index is 0.237. The van der Waals surface area contributed by atoms with Crippen molar-refractivity contribution in [2.24, 2.45) is 0 Å². The Labute approximate surface area is 153 Å². The molecule has 2 aromatic carbocycles. The van der Waals surface area contributed by atoms with E-state index < -0.39 is 0 Å². The fourth-order valence-corrected chi connectivity index (χ4v) is 2.54. The van der Waals surface area contributed by atoms with Crippen LogP contribution in [0.15, 0.2) is 42.5 Å². The zero-order chi connectivity index (χ0) is 18.8. The molecule has 2 amide bonds. The quantitative estimate of drug-likeness (QED) is 0.721. The summed E-state index contributed by atoms with van der Waals surface area (Å²) in [7, 11) is 1.60. The van der Waals surface area contributed by atoms with E-state index in [1.165, 1.54) is 12.1 Å². The number of carbonyl (C=O) groups is 1. The molecule has 0 spiro atoms. The molecule has 0 aliphatic carbocycles. The monoisotopic (exact) mass is 360 g/mol. The first-order valence-electron chi connectivity index (χ1n) is 8.68. The number of hydrogen-bond donors (Lipinski definition) is 2. The lowest BCUT2D eigenvalue weighted by Crippen LogP contribution is -2.37. The van der Waals surface area contributed by atoms with Crippen LogP contribution >= 0.6 is 0 Å². The highest BCUT2D eigenvalue weighted by Crippen LogP contribution is 2.28. The lowest BCUT2D eigenvalue weighted by molar-refractivity contribution is 0.241. The highest BCUT2D eigenvalue weighted by Gasteiger charge is 2.06. The maximum absolute atomic E-state index is 13.1. The van der Waals surface area contributed by atoms with Crippen molar-refractivity contribution in [2.75, 3.05) is 26.8 Å². The predicted molar refractivity (Wildman–Crippen MR) is 99.4 cm³/mol. The fraction of sp³-hybridized carbons (Fsp3) is 0.350. The van der Waals surface area contributed by atoms with Gasteiger partial charge in [-0.3, -0.25) is 0 Å². The van der Waals surface area contributed by atoms with Gasteiger partial charge in [-0.05, 0) is 55.2 Å². The zero-order valence-electron chi connectivity index (χ0n) is 15.2. The molecule has 140 valence electrons. The summed E-state index contributed by atoms with van der Waals surface area (Å²) in [6, 6.07) is 11.9. The Morgan fingerprint density at radius 1 is 1.00 bits per heavy atom. The third kappa shape index (κ3) is 6.27. The highest BCUT2D eigenvalue weighted by atomic mass is 19.1. The molecule has 0 unspecified atom stereocenters.